The zero-order valence-electron chi connectivity index (χ0n) is 13.3. The molecule has 2 fully saturated rings. The van der Waals surface area contributed by atoms with Crippen molar-refractivity contribution >= 4 is 17.8 Å². The molecule has 0 aromatic carbocycles. The Morgan fingerprint density at radius 3 is 2.52 bits per heavy atom. The molecular formula is C15H26N6. The van der Waals surface area contributed by atoms with Crippen LogP contribution in [0.2, 0.25) is 0 Å². The van der Waals surface area contributed by atoms with Gasteiger partial charge in [-0.15, -0.1) is 0 Å². The molecule has 0 amide bonds. The number of hydrogen-bond donors (Lipinski definition) is 1. The fourth-order valence-electron chi connectivity index (χ4n) is 3.59. The van der Waals surface area contributed by atoms with Crippen LogP contribution in [0.4, 0.5) is 17.8 Å². The third-order valence-electron chi connectivity index (χ3n) is 4.81. The molecule has 6 heteroatoms. The molecule has 1 aliphatic heterocycles. The van der Waals surface area contributed by atoms with Gasteiger partial charge < -0.3 is 15.1 Å². The number of piperidine rings is 1. The van der Waals surface area contributed by atoms with E-state index in [9.17, 15) is 0 Å². The van der Waals surface area contributed by atoms with Gasteiger partial charge in [0.05, 0.1) is 0 Å². The molecule has 2 unspecified atom stereocenters. The molecule has 3 rings (SSSR count). The molecule has 1 aromatic heterocycles. The lowest BCUT2D eigenvalue weighted by molar-refractivity contribution is 0.201. The zero-order valence-corrected chi connectivity index (χ0v) is 13.3. The van der Waals surface area contributed by atoms with Crippen LogP contribution in [-0.2, 0) is 0 Å². The molecule has 0 bridgehead atoms. The Labute approximate surface area is 127 Å². The molecule has 0 spiro atoms. The Hall–Kier alpha value is -1.59. The molecule has 21 heavy (non-hydrogen) atoms. The molecule has 1 aromatic rings. The highest BCUT2D eigenvalue weighted by molar-refractivity contribution is 5.44. The maximum absolute atomic E-state index is 4.63. The quantitative estimate of drug-likeness (QED) is 0.919. The third-order valence-corrected chi connectivity index (χ3v) is 4.81. The van der Waals surface area contributed by atoms with Gasteiger partial charge in [-0.3, -0.25) is 0 Å². The summed E-state index contributed by atoms with van der Waals surface area (Å²) in [4.78, 5) is 17.9. The first kappa shape index (κ1) is 14.4. The summed E-state index contributed by atoms with van der Waals surface area (Å²) in [6, 6.07) is 0. The van der Waals surface area contributed by atoms with E-state index >= 15 is 0 Å². The molecule has 1 aliphatic carbocycles. The molecule has 0 radical (unpaired) electrons. The van der Waals surface area contributed by atoms with Gasteiger partial charge in [0.1, 0.15) is 0 Å². The van der Waals surface area contributed by atoms with Crippen LogP contribution in [0, 0.1) is 11.8 Å². The maximum Gasteiger partial charge on any atom is 0.231 e. The van der Waals surface area contributed by atoms with Gasteiger partial charge in [-0.1, -0.05) is 19.3 Å². The van der Waals surface area contributed by atoms with Gasteiger partial charge in [-0.05, 0) is 24.7 Å². The number of rotatable bonds is 3. The lowest BCUT2D eigenvalue weighted by Crippen LogP contribution is -2.42. The fraction of sp³-hybridized carbons (Fsp3) is 0.800. The van der Waals surface area contributed by atoms with Crippen LogP contribution in [0.1, 0.15) is 32.1 Å². The first-order valence-corrected chi connectivity index (χ1v) is 8.03. The lowest BCUT2D eigenvalue weighted by atomic mass is 9.75. The normalized spacial score (nSPS) is 25.4. The predicted molar refractivity (Wildman–Crippen MR) is 86.0 cm³/mol. The van der Waals surface area contributed by atoms with Gasteiger partial charge in [-0.25, -0.2) is 0 Å². The van der Waals surface area contributed by atoms with Crippen molar-refractivity contribution in [2.24, 2.45) is 11.8 Å². The van der Waals surface area contributed by atoms with Gasteiger partial charge in [-0.2, -0.15) is 15.0 Å². The van der Waals surface area contributed by atoms with E-state index in [0.29, 0.717) is 5.95 Å². The minimum Gasteiger partial charge on any atom is -0.357 e. The number of anilines is 3. The summed E-state index contributed by atoms with van der Waals surface area (Å²) in [5.41, 5.74) is 0. The Morgan fingerprint density at radius 1 is 1.05 bits per heavy atom. The average molecular weight is 290 g/mol. The zero-order chi connectivity index (χ0) is 14.8. The highest BCUT2D eigenvalue weighted by Gasteiger charge is 2.32. The van der Waals surface area contributed by atoms with E-state index in [4.69, 9.17) is 0 Å². The third kappa shape index (κ3) is 3.04. The summed E-state index contributed by atoms with van der Waals surface area (Å²) in [7, 11) is 5.78. The van der Waals surface area contributed by atoms with Crippen LogP contribution in [0.5, 0.6) is 0 Å². The van der Waals surface area contributed by atoms with Crippen molar-refractivity contribution in [2.75, 3.05) is 49.3 Å². The summed E-state index contributed by atoms with van der Waals surface area (Å²) in [6.07, 6.45) is 6.87. The summed E-state index contributed by atoms with van der Waals surface area (Å²) < 4.78 is 0. The summed E-state index contributed by atoms with van der Waals surface area (Å²) in [6.45, 7) is 2.17. The number of fused-ring (bicyclic) bond motifs is 1. The van der Waals surface area contributed by atoms with Gasteiger partial charge in [0.25, 0.3) is 0 Å². The average Bonchev–Trinajstić information content (AvgIpc) is 2.53. The topological polar surface area (TPSA) is 57.2 Å². The van der Waals surface area contributed by atoms with Crippen LogP contribution < -0.4 is 15.1 Å². The van der Waals surface area contributed by atoms with Crippen LogP contribution in [0.25, 0.3) is 0 Å². The van der Waals surface area contributed by atoms with Crippen LogP contribution in [-0.4, -0.2) is 49.2 Å². The summed E-state index contributed by atoms with van der Waals surface area (Å²) >= 11 is 0. The lowest BCUT2D eigenvalue weighted by Gasteiger charge is -2.41. The standard InChI is InChI=1S/C15H26N6/c1-16-13-17-14(20(2)3)19-15(18-13)21-9-8-11-6-4-5-7-12(11)10-21/h11-12H,4-10H2,1-3H3,(H,16,17,18,19). The summed E-state index contributed by atoms with van der Waals surface area (Å²) in [5, 5.41) is 3.04. The van der Waals surface area contributed by atoms with Crippen LogP contribution >= 0.6 is 0 Å². The van der Waals surface area contributed by atoms with Crippen molar-refractivity contribution in [2.45, 2.75) is 32.1 Å². The number of hydrogen-bond acceptors (Lipinski definition) is 6. The molecule has 2 aliphatic rings. The monoisotopic (exact) mass is 290 g/mol. The molecule has 6 nitrogen and oxygen atoms in total. The molecular weight excluding hydrogens is 264 g/mol. The van der Waals surface area contributed by atoms with E-state index in [2.05, 4.69) is 25.2 Å². The smallest absolute Gasteiger partial charge is 0.231 e. The molecule has 2 heterocycles. The van der Waals surface area contributed by atoms with Crippen LogP contribution in [0.3, 0.4) is 0 Å². The van der Waals surface area contributed by atoms with Crippen molar-refractivity contribution in [1.82, 2.24) is 15.0 Å². The second-order valence-electron chi connectivity index (χ2n) is 6.44. The summed E-state index contributed by atoms with van der Waals surface area (Å²) in [5.74, 6) is 3.94. The Morgan fingerprint density at radius 2 is 1.81 bits per heavy atom. The van der Waals surface area contributed by atoms with Gasteiger partial charge >= 0.3 is 0 Å². The Kier molecular flexibility index (Phi) is 4.12. The van der Waals surface area contributed by atoms with E-state index in [-0.39, 0.29) is 0 Å². The number of aromatic nitrogens is 3. The molecule has 116 valence electrons. The first-order valence-electron chi connectivity index (χ1n) is 8.03. The van der Waals surface area contributed by atoms with E-state index in [1.807, 2.05) is 26.0 Å². The second-order valence-corrected chi connectivity index (χ2v) is 6.44. The number of nitrogens with zero attached hydrogens (tertiary/aromatic N) is 5. The van der Waals surface area contributed by atoms with Crippen molar-refractivity contribution in [1.29, 1.82) is 0 Å². The molecule has 1 saturated carbocycles. The van der Waals surface area contributed by atoms with E-state index < -0.39 is 0 Å². The van der Waals surface area contributed by atoms with Crippen LogP contribution in [0.15, 0.2) is 0 Å². The van der Waals surface area contributed by atoms with Crippen molar-refractivity contribution in [3.63, 3.8) is 0 Å². The van der Waals surface area contributed by atoms with Crippen molar-refractivity contribution < 1.29 is 0 Å². The second kappa shape index (κ2) is 6.03. The SMILES string of the molecule is CNc1nc(N(C)C)nc(N2CCC3CCCCC3C2)n1. The van der Waals surface area contributed by atoms with Gasteiger partial charge in [0.15, 0.2) is 0 Å². The Balaban J connectivity index is 1.81. The van der Waals surface area contributed by atoms with Crippen molar-refractivity contribution in [3.8, 4) is 0 Å². The fourth-order valence-corrected chi connectivity index (χ4v) is 3.59. The van der Waals surface area contributed by atoms with E-state index in [0.717, 1.165) is 36.8 Å². The van der Waals surface area contributed by atoms with Gasteiger partial charge in [0.2, 0.25) is 17.8 Å². The maximum atomic E-state index is 4.63. The predicted octanol–water partition coefficient (Wildman–Crippen LogP) is 2.00. The van der Waals surface area contributed by atoms with E-state index in [1.165, 1.54) is 32.1 Å². The highest BCUT2D eigenvalue weighted by atomic mass is 15.3. The van der Waals surface area contributed by atoms with E-state index in [1.54, 1.807) is 0 Å². The minimum absolute atomic E-state index is 0.648. The number of nitrogens with one attached hydrogen (secondary N) is 1. The largest absolute Gasteiger partial charge is 0.357 e. The minimum atomic E-state index is 0.648. The van der Waals surface area contributed by atoms with Crippen molar-refractivity contribution in [3.05, 3.63) is 0 Å². The highest BCUT2D eigenvalue weighted by Crippen LogP contribution is 2.37. The first-order chi connectivity index (χ1) is 10.2. The molecule has 2 atom stereocenters. The molecule has 1 saturated heterocycles. The Bertz CT molecular complexity index is 489. The molecule has 1 N–H and O–H groups in total. The van der Waals surface area contributed by atoms with Gasteiger partial charge in [0, 0.05) is 34.2 Å².